The molecule has 0 aliphatic rings. The van der Waals surface area contributed by atoms with Gasteiger partial charge in [0.15, 0.2) is 0 Å². The molecule has 1 aromatic heterocycles. The van der Waals surface area contributed by atoms with E-state index < -0.39 is 0 Å². The van der Waals surface area contributed by atoms with Gasteiger partial charge in [-0.2, -0.15) is 0 Å². The number of likely N-dealkylation sites (N-methyl/N-ethyl adjacent to an activating group) is 1. The van der Waals surface area contributed by atoms with Crippen LogP contribution in [0, 0.1) is 0 Å². The Morgan fingerprint density at radius 3 is 2.95 bits per heavy atom. The molecule has 0 unspecified atom stereocenters. The van der Waals surface area contributed by atoms with Crippen LogP contribution in [0.25, 0.3) is 10.9 Å². The Morgan fingerprint density at radius 1 is 1.25 bits per heavy atom. The first-order valence-electron chi connectivity index (χ1n) is 7.33. The summed E-state index contributed by atoms with van der Waals surface area (Å²) in [5.74, 6) is 0.141. The molecule has 4 heteroatoms. The molecule has 108 valence electrons. The molecule has 3 N–H and O–H groups in total. The van der Waals surface area contributed by atoms with E-state index in [0.717, 1.165) is 31.4 Å². The molecule has 0 aliphatic carbocycles. The zero-order valence-electron chi connectivity index (χ0n) is 12.0. The molecule has 0 radical (unpaired) electrons. The standard InChI is InChI=1S/C16H23N3O/c1-2-17-10-11-18-16(20)9-5-6-13-12-19-15-8-4-3-7-14(13)15/h3-4,7-8,12,17,19H,2,5-6,9-11H2,1H3,(H,18,20). The second-order valence-electron chi connectivity index (χ2n) is 4.92. The molecule has 1 heterocycles. The van der Waals surface area contributed by atoms with Crippen molar-refractivity contribution < 1.29 is 4.79 Å². The predicted octanol–water partition coefficient (Wildman–Crippen LogP) is 2.22. The number of carbonyl (C=O) groups is 1. The van der Waals surface area contributed by atoms with Gasteiger partial charge in [0, 0.05) is 36.6 Å². The fourth-order valence-corrected chi connectivity index (χ4v) is 2.33. The quantitative estimate of drug-likeness (QED) is 0.646. The Kier molecular flexibility index (Phi) is 5.62. The van der Waals surface area contributed by atoms with Crippen LogP contribution in [-0.2, 0) is 11.2 Å². The molecule has 0 bridgehead atoms. The number of nitrogens with one attached hydrogen (secondary N) is 3. The van der Waals surface area contributed by atoms with Crippen molar-refractivity contribution in [1.82, 2.24) is 15.6 Å². The average Bonchev–Trinajstić information content (AvgIpc) is 2.87. The van der Waals surface area contributed by atoms with Crippen molar-refractivity contribution in [3.8, 4) is 0 Å². The summed E-state index contributed by atoms with van der Waals surface area (Å²) in [6.45, 7) is 4.55. The topological polar surface area (TPSA) is 56.9 Å². The number of H-pyrrole nitrogens is 1. The first kappa shape index (κ1) is 14.6. The Labute approximate surface area is 120 Å². The highest BCUT2D eigenvalue weighted by Crippen LogP contribution is 2.19. The van der Waals surface area contributed by atoms with Gasteiger partial charge in [0.1, 0.15) is 0 Å². The van der Waals surface area contributed by atoms with Gasteiger partial charge in [-0.25, -0.2) is 0 Å². The van der Waals surface area contributed by atoms with Crippen LogP contribution in [0.2, 0.25) is 0 Å². The smallest absolute Gasteiger partial charge is 0.220 e. The van der Waals surface area contributed by atoms with E-state index in [1.807, 2.05) is 18.3 Å². The molecule has 1 amide bonds. The number of aryl methyl sites for hydroxylation is 1. The first-order chi connectivity index (χ1) is 9.81. The van der Waals surface area contributed by atoms with Crippen molar-refractivity contribution in [2.45, 2.75) is 26.2 Å². The van der Waals surface area contributed by atoms with Crippen LogP contribution < -0.4 is 10.6 Å². The van der Waals surface area contributed by atoms with Gasteiger partial charge in [0.2, 0.25) is 5.91 Å². The molecule has 1 aromatic carbocycles. The molecule has 0 saturated heterocycles. The molecule has 20 heavy (non-hydrogen) atoms. The number of amides is 1. The molecule has 4 nitrogen and oxygen atoms in total. The van der Waals surface area contributed by atoms with Gasteiger partial charge in [0.25, 0.3) is 0 Å². The largest absolute Gasteiger partial charge is 0.361 e. The number of carbonyl (C=O) groups excluding carboxylic acids is 1. The monoisotopic (exact) mass is 273 g/mol. The van der Waals surface area contributed by atoms with Crippen molar-refractivity contribution in [1.29, 1.82) is 0 Å². The lowest BCUT2D eigenvalue weighted by atomic mass is 10.1. The van der Waals surface area contributed by atoms with E-state index in [0.29, 0.717) is 13.0 Å². The molecular weight excluding hydrogens is 250 g/mol. The van der Waals surface area contributed by atoms with Gasteiger partial charge in [-0.05, 0) is 31.0 Å². The Bertz CT molecular complexity index is 547. The zero-order valence-corrected chi connectivity index (χ0v) is 12.0. The van der Waals surface area contributed by atoms with Crippen LogP contribution in [0.4, 0.5) is 0 Å². The Hall–Kier alpha value is -1.81. The lowest BCUT2D eigenvalue weighted by molar-refractivity contribution is -0.121. The van der Waals surface area contributed by atoms with Gasteiger partial charge in [0.05, 0.1) is 0 Å². The lowest BCUT2D eigenvalue weighted by Crippen LogP contribution is -2.31. The second kappa shape index (κ2) is 7.70. The third kappa shape index (κ3) is 4.10. The van der Waals surface area contributed by atoms with Crippen molar-refractivity contribution in [2.75, 3.05) is 19.6 Å². The molecule has 0 spiro atoms. The van der Waals surface area contributed by atoms with E-state index in [-0.39, 0.29) is 5.91 Å². The highest BCUT2D eigenvalue weighted by molar-refractivity contribution is 5.83. The van der Waals surface area contributed by atoms with Gasteiger partial charge in [-0.3, -0.25) is 4.79 Å². The number of para-hydroxylation sites is 1. The van der Waals surface area contributed by atoms with Gasteiger partial charge >= 0.3 is 0 Å². The fraction of sp³-hybridized carbons (Fsp3) is 0.438. The summed E-state index contributed by atoms with van der Waals surface area (Å²) >= 11 is 0. The Balaban J connectivity index is 1.71. The maximum atomic E-state index is 11.7. The number of benzene rings is 1. The number of fused-ring (bicyclic) bond motifs is 1. The molecular formula is C16H23N3O. The molecule has 0 fully saturated rings. The van der Waals surface area contributed by atoms with Crippen LogP contribution in [0.15, 0.2) is 30.5 Å². The van der Waals surface area contributed by atoms with Crippen LogP contribution in [0.3, 0.4) is 0 Å². The van der Waals surface area contributed by atoms with Crippen molar-refractivity contribution in [3.63, 3.8) is 0 Å². The number of aromatic amines is 1. The van der Waals surface area contributed by atoms with E-state index in [1.165, 1.54) is 10.9 Å². The summed E-state index contributed by atoms with van der Waals surface area (Å²) < 4.78 is 0. The summed E-state index contributed by atoms with van der Waals surface area (Å²) in [6, 6.07) is 8.28. The van der Waals surface area contributed by atoms with Gasteiger partial charge in [-0.1, -0.05) is 25.1 Å². The average molecular weight is 273 g/mol. The van der Waals surface area contributed by atoms with Crippen molar-refractivity contribution in [3.05, 3.63) is 36.0 Å². The minimum atomic E-state index is 0.141. The molecule has 0 saturated carbocycles. The summed E-state index contributed by atoms with van der Waals surface area (Å²) in [4.78, 5) is 14.9. The highest BCUT2D eigenvalue weighted by Gasteiger charge is 2.05. The van der Waals surface area contributed by atoms with E-state index in [1.54, 1.807) is 0 Å². The SMILES string of the molecule is CCNCCNC(=O)CCCc1c[nH]c2ccccc12. The highest BCUT2D eigenvalue weighted by atomic mass is 16.1. The minimum absolute atomic E-state index is 0.141. The predicted molar refractivity (Wildman–Crippen MR) is 82.8 cm³/mol. The van der Waals surface area contributed by atoms with E-state index in [2.05, 4.69) is 34.7 Å². The zero-order chi connectivity index (χ0) is 14.2. The van der Waals surface area contributed by atoms with E-state index in [9.17, 15) is 4.79 Å². The number of rotatable bonds is 8. The van der Waals surface area contributed by atoms with Crippen LogP contribution in [-0.4, -0.2) is 30.5 Å². The number of hydrogen-bond acceptors (Lipinski definition) is 2. The van der Waals surface area contributed by atoms with Crippen molar-refractivity contribution in [2.24, 2.45) is 0 Å². The fourth-order valence-electron chi connectivity index (χ4n) is 2.33. The summed E-state index contributed by atoms with van der Waals surface area (Å²) in [7, 11) is 0. The van der Waals surface area contributed by atoms with Crippen LogP contribution in [0.5, 0.6) is 0 Å². The molecule has 0 atom stereocenters. The molecule has 2 aromatic rings. The lowest BCUT2D eigenvalue weighted by Gasteiger charge is -2.05. The van der Waals surface area contributed by atoms with E-state index in [4.69, 9.17) is 0 Å². The number of aromatic nitrogens is 1. The van der Waals surface area contributed by atoms with E-state index >= 15 is 0 Å². The molecule has 2 rings (SSSR count). The second-order valence-corrected chi connectivity index (χ2v) is 4.92. The van der Waals surface area contributed by atoms with Crippen LogP contribution >= 0.6 is 0 Å². The molecule has 0 aliphatic heterocycles. The first-order valence-corrected chi connectivity index (χ1v) is 7.33. The number of hydrogen-bond donors (Lipinski definition) is 3. The van der Waals surface area contributed by atoms with Crippen LogP contribution in [0.1, 0.15) is 25.3 Å². The van der Waals surface area contributed by atoms with Crippen molar-refractivity contribution >= 4 is 16.8 Å². The maximum absolute atomic E-state index is 11.7. The maximum Gasteiger partial charge on any atom is 0.220 e. The summed E-state index contributed by atoms with van der Waals surface area (Å²) in [6.07, 6.45) is 4.46. The Morgan fingerprint density at radius 2 is 2.10 bits per heavy atom. The van der Waals surface area contributed by atoms with Gasteiger partial charge < -0.3 is 15.6 Å². The normalized spacial score (nSPS) is 10.8. The third-order valence-corrected chi connectivity index (χ3v) is 3.40. The summed E-state index contributed by atoms with van der Waals surface area (Å²) in [5, 5.41) is 7.37. The third-order valence-electron chi connectivity index (χ3n) is 3.40. The van der Waals surface area contributed by atoms with Gasteiger partial charge in [-0.15, -0.1) is 0 Å². The summed E-state index contributed by atoms with van der Waals surface area (Å²) in [5.41, 5.74) is 2.46. The minimum Gasteiger partial charge on any atom is -0.361 e.